The van der Waals surface area contributed by atoms with Crippen LogP contribution in [0.25, 0.3) is 0 Å². The van der Waals surface area contributed by atoms with E-state index < -0.39 is 0 Å². The Morgan fingerprint density at radius 2 is 1.94 bits per heavy atom. The summed E-state index contributed by atoms with van der Waals surface area (Å²) >= 11 is -0.190. The van der Waals surface area contributed by atoms with Crippen LogP contribution in [0.5, 0.6) is 0 Å². The summed E-state index contributed by atoms with van der Waals surface area (Å²) in [6, 6.07) is 0. The second-order valence-electron chi connectivity index (χ2n) is 4.75. The van der Waals surface area contributed by atoms with Gasteiger partial charge in [-0.05, 0) is 0 Å². The van der Waals surface area contributed by atoms with Crippen molar-refractivity contribution in [3.05, 3.63) is 30.0 Å². The Morgan fingerprint density at radius 3 is 2.81 bits per heavy atom. The fourth-order valence-corrected chi connectivity index (χ4v) is 6.66. The van der Waals surface area contributed by atoms with Gasteiger partial charge >= 0.3 is 107 Å². The molecule has 0 bridgehead atoms. The Bertz CT molecular complexity index is 426. The third kappa shape index (κ3) is 1.83. The van der Waals surface area contributed by atoms with Crippen molar-refractivity contribution < 1.29 is 4.79 Å². The van der Waals surface area contributed by atoms with E-state index in [0.29, 0.717) is 0 Å². The standard InChI is InChI=1S/C14H16OTe/c15-9-12-6-3-5-11-8-10-4-1-2-7-13(10)16-14(11)12/h8-9H,1-7H2. The summed E-state index contributed by atoms with van der Waals surface area (Å²) in [7, 11) is 0. The number of fused-ring (bicyclic) bond motifs is 1. The molecule has 1 nitrogen and oxygen atoms in total. The Kier molecular flexibility index (Phi) is 3.05. The van der Waals surface area contributed by atoms with Gasteiger partial charge in [0.1, 0.15) is 0 Å². The maximum absolute atomic E-state index is 11.1. The number of carbonyl (C=O) groups excluding carboxylic acids is 1. The van der Waals surface area contributed by atoms with Gasteiger partial charge in [0.05, 0.1) is 0 Å². The predicted octanol–water partition coefficient (Wildman–Crippen LogP) is 3.10. The molecule has 0 aromatic rings. The van der Waals surface area contributed by atoms with Gasteiger partial charge in [0.25, 0.3) is 0 Å². The van der Waals surface area contributed by atoms with Crippen LogP contribution < -0.4 is 0 Å². The van der Waals surface area contributed by atoms with Crippen molar-refractivity contribution in [1.82, 2.24) is 0 Å². The van der Waals surface area contributed by atoms with Gasteiger partial charge in [-0.15, -0.1) is 0 Å². The summed E-state index contributed by atoms with van der Waals surface area (Å²) in [5.41, 5.74) is 4.31. The molecule has 1 heterocycles. The van der Waals surface area contributed by atoms with Crippen LogP contribution in [-0.4, -0.2) is 27.2 Å². The van der Waals surface area contributed by atoms with Crippen LogP contribution in [0.2, 0.25) is 0 Å². The SMILES string of the molecule is O=CC1=C2[Te]C3=C(C=C2CCC1)CCCC3. The molecule has 16 heavy (non-hydrogen) atoms. The summed E-state index contributed by atoms with van der Waals surface area (Å²) < 4.78 is 3.25. The molecule has 2 aliphatic carbocycles. The molecular weight excluding hydrogens is 312 g/mol. The van der Waals surface area contributed by atoms with Gasteiger partial charge in [0.2, 0.25) is 0 Å². The molecule has 1 aliphatic heterocycles. The number of rotatable bonds is 1. The van der Waals surface area contributed by atoms with Gasteiger partial charge in [-0.2, -0.15) is 0 Å². The first-order valence-corrected chi connectivity index (χ1v) is 8.50. The third-order valence-electron chi connectivity index (χ3n) is 3.65. The van der Waals surface area contributed by atoms with Crippen molar-refractivity contribution in [1.29, 1.82) is 0 Å². The molecule has 3 aliphatic rings. The van der Waals surface area contributed by atoms with E-state index in [-0.39, 0.29) is 20.9 Å². The Morgan fingerprint density at radius 1 is 1.06 bits per heavy atom. The Balaban J connectivity index is 2.03. The van der Waals surface area contributed by atoms with E-state index in [1.165, 1.54) is 47.7 Å². The number of allylic oxidation sites excluding steroid dienone is 6. The van der Waals surface area contributed by atoms with Crippen molar-refractivity contribution in [3.8, 4) is 0 Å². The summed E-state index contributed by atoms with van der Waals surface area (Å²) in [6.07, 6.45) is 12.3. The molecule has 0 spiro atoms. The van der Waals surface area contributed by atoms with E-state index in [0.717, 1.165) is 18.3 Å². The van der Waals surface area contributed by atoms with Crippen molar-refractivity contribution in [3.63, 3.8) is 0 Å². The number of hydrogen-bond acceptors (Lipinski definition) is 1. The fourth-order valence-electron chi connectivity index (χ4n) is 2.79. The zero-order valence-electron chi connectivity index (χ0n) is 9.42. The molecule has 0 fully saturated rings. The first-order valence-electron chi connectivity index (χ1n) is 6.17. The number of aldehydes is 1. The molecule has 0 unspecified atom stereocenters. The van der Waals surface area contributed by atoms with Crippen LogP contribution in [0.4, 0.5) is 0 Å². The zero-order valence-corrected chi connectivity index (χ0v) is 11.8. The zero-order chi connectivity index (χ0) is 11.0. The minimum atomic E-state index is -0.190. The van der Waals surface area contributed by atoms with Crippen LogP contribution in [0.3, 0.4) is 0 Å². The molecule has 84 valence electrons. The Labute approximate surface area is 107 Å². The molecule has 0 radical (unpaired) electrons. The first kappa shape index (κ1) is 10.8. The van der Waals surface area contributed by atoms with Crippen molar-refractivity contribution in [2.24, 2.45) is 0 Å². The topological polar surface area (TPSA) is 17.1 Å². The normalized spacial score (nSPS) is 24.9. The van der Waals surface area contributed by atoms with Crippen LogP contribution in [-0.2, 0) is 4.79 Å². The van der Waals surface area contributed by atoms with E-state index in [1.807, 2.05) is 0 Å². The second kappa shape index (κ2) is 4.51. The summed E-state index contributed by atoms with van der Waals surface area (Å²) in [5.74, 6) is 0. The van der Waals surface area contributed by atoms with E-state index in [9.17, 15) is 4.79 Å². The maximum atomic E-state index is 11.1. The van der Waals surface area contributed by atoms with Crippen molar-refractivity contribution in [2.75, 3.05) is 0 Å². The van der Waals surface area contributed by atoms with E-state index in [1.54, 1.807) is 9.19 Å². The average Bonchev–Trinajstić information content (AvgIpc) is 2.35. The molecule has 0 aromatic carbocycles. The molecule has 0 amide bonds. The summed E-state index contributed by atoms with van der Waals surface area (Å²) in [6.45, 7) is 0. The predicted molar refractivity (Wildman–Crippen MR) is 66.3 cm³/mol. The molecule has 2 heteroatoms. The third-order valence-corrected chi connectivity index (χ3v) is 7.76. The van der Waals surface area contributed by atoms with E-state index >= 15 is 0 Å². The first-order chi connectivity index (χ1) is 7.88. The van der Waals surface area contributed by atoms with Crippen molar-refractivity contribution in [2.45, 2.75) is 44.9 Å². The van der Waals surface area contributed by atoms with Gasteiger partial charge in [0.15, 0.2) is 0 Å². The quantitative estimate of drug-likeness (QED) is 0.534. The van der Waals surface area contributed by atoms with E-state index in [2.05, 4.69) is 6.08 Å². The van der Waals surface area contributed by atoms with Crippen LogP contribution in [0.1, 0.15) is 44.9 Å². The number of carbonyl (C=O) groups is 1. The molecule has 0 saturated heterocycles. The van der Waals surface area contributed by atoms with Crippen LogP contribution in [0, 0.1) is 0 Å². The van der Waals surface area contributed by atoms with Gasteiger partial charge < -0.3 is 0 Å². The van der Waals surface area contributed by atoms with Gasteiger partial charge in [0, 0.05) is 0 Å². The second-order valence-corrected chi connectivity index (χ2v) is 7.91. The molecule has 0 N–H and O–H groups in total. The summed E-state index contributed by atoms with van der Waals surface area (Å²) in [4.78, 5) is 11.1. The van der Waals surface area contributed by atoms with Gasteiger partial charge in [-0.1, -0.05) is 0 Å². The molecule has 0 aromatic heterocycles. The average molecular weight is 328 g/mol. The van der Waals surface area contributed by atoms with Crippen molar-refractivity contribution >= 4 is 27.2 Å². The molecular formula is C14H16OTe. The van der Waals surface area contributed by atoms with Gasteiger partial charge in [-0.3, -0.25) is 0 Å². The number of hydrogen-bond donors (Lipinski definition) is 0. The molecule has 0 atom stereocenters. The van der Waals surface area contributed by atoms with Crippen LogP contribution >= 0.6 is 0 Å². The fraction of sp³-hybridized carbons (Fsp3) is 0.500. The molecule has 0 saturated carbocycles. The van der Waals surface area contributed by atoms with Crippen LogP contribution in [0.15, 0.2) is 30.0 Å². The summed E-state index contributed by atoms with van der Waals surface area (Å²) in [5, 5.41) is 0. The monoisotopic (exact) mass is 330 g/mol. The van der Waals surface area contributed by atoms with E-state index in [4.69, 9.17) is 0 Å². The van der Waals surface area contributed by atoms with Gasteiger partial charge in [-0.25, -0.2) is 0 Å². The molecule has 3 rings (SSSR count). The Hall–Kier alpha value is -0.320. The minimum absolute atomic E-state index is 0.190.